The number of amidine groups is 1. The molecule has 0 fully saturated rings. The molecule has 0 atom stereocenters. The van der Waals surface area contributed by atoms with Crippen LogP contribution in [0.2, 0.25) is 0 Å². The third kappa shape index (κ3) is 3.59. The van der Waals surface area contributed by atoms with Gasteiger partial charge >= 0.3 is 0 Å². The van der Waals surface area contributed by atoms with Crippen molar-refractivity contribution in [3.8, 4) is 5.75 Å². The van der Waals surface area contributed by atoms with Crippen molar-refractivity contribution < 1.29 is 4.74 Å². The molecule has 0 aliphatic heterocycles. The zero-order valence-electron chi connectivity index (χ0n) is 10.2. The molecular weight excluding hydrogens is 454 g/mol. The fraction of sp³-hybridized carbons (Fsp3) is 0.0769. The Morgan fingerprint density at radius 2 is 1.90 bits per heavy atom. The van der Waals surface area contributed by atoms with Crippen LogP contribution < -0.4 is 10.5 Å². The van der Waals surface area contributed by atoms with Crippen LogP contribution >= 0.6 is 47.8 Å². The van der Waals surface area contributed by atoms with Gasteiger partial charge in [-0.3, -0.25) is 10.4 Å². The van der Waals surface area contributed by atoms with E-state index in [9.17, 15) is 0 Å². The second-order valence-electron chi connectivity index (χ2n) is 3.91. The summed E-state index contributed by atoms with van der Waals surface area (Å²) in [4.78, 5) is 4.09. The quantitative estimate of drug-likeness (QED) is 0.526. The zero-order chi connectivity index (χ0) is 14.7. The molecular formula is C13H10Br3N3O. The van der Waals surface area contributed by atoms with Gasteiger partial charge < -0.3 is 10.5 Å². The Morgan fingerprint density at radius 3 is 2.50 bits per heavy atom. The first-order valence-electron chi connectivity index (χ1n) is 5.54. The molecule has 0 aliphatic rings. The van der Waals surface area contributed by atoms with Gasteiger partial charge in [-0.05, 0) is 50.1 Å². The molecule has 0 radical (unpaired) electrons. The lowest BCUT2D eigenvalue weighted by Gasteiger charge is -2.12. The third-order valence-electron chi connectivity index (χ3n) is 2.48. The maximum absolute atomic E-state index is 7.51. The first-order valence-corrected chi connectivity index (χ1v) is 7.92. The first-order chi connectivity index (χ1) is 9.49. The summed E-state index contributed by atoms with van der Waals surface area (Å²) in [5, 5.41) is 7.51. The molecule has 0 amide bonds. The van der Waals surface area contributed by atoms with Crippen LogP contribution in [-0.4, -0.2) is 10.8 Å². The fourth-order valence-electron chi connectivity index (χ4n) is 1.61. The van der Waals surface area contributed by atoms with Crippen molar-refractivity contribution in [2.24, 2.45) is 5.73 Å². The van der Waals surface area contributed by atoms with E-state index in [2.05, 4.69) is 52.8 Å². The molecule has 1 aromatic carbocycles. The van der Waals surface area contributed by atoms with Crippen molar-refractivity contribution in [1.29, 1.82) is 5.41 Å². The van der Waals surface area contributed by atoms with E-state index in [-0.39, 0.29) is 12.4 Å². The molecule has 2 aromatic rings. The second-order valence-corrected chi connectivity index (χ2v) is 6.54. The van der Waals surface area contributed by atoms with Crippen molar-refractivity contribution in [2.45, 2.75) is 6.61 Å². The molecule has 104 valence electrons. The van der Waals surface area contributed by atoms with E-state index in [1.54, 1.807) is 12.3 Å². The number of nitrogens with two attached hydrogens (primary N) is 1. The van der Waals surface area contributed by atoms with Crippen LogP contribution in [0.15, 0.2) is 43.9 Å². The van der Waals surface area contributed by atoms with Crippen LogP contribution in [0.3, 0.4) is 0 Å². The smallest absolute Gasteiger partial charge is 0.148 e. The Balaban J connectivity index is 2.24. The minimum absolute atomic E-state index is 0.0712. The number of nitrogen functional groups attached to an aromatic ring is 1. The summed E-state index contributed by atoms with van der Waals surface area (Å²) in [5.41, 5.74) is 6.71. The Labute approximate surface area is 141 Å². The molecule has 1 heterocycles. The number of aromatic nitrogens is 1. The summed E-state index contributed by atoms with van der Waals surface area (Å²) in [7, 11) is 0. The lowest BCUT2D eigenvalue weighted by Crippen LogP contribution is -2.16. The molecule has 0 saturated heterocycles. The number of halogens is 3. The van der Waals surface area contributed by atoms with Gasteiger partial charge in [0.2, 0.25) is 0 Å². The van der Waals surface area contributed by atoms with Gasteiger partial charge in [0.1, 0.15) is 23.9 Å². The van der Waals surface area contributed by atoms with E-state index in [1.165, 1.54) is 0 Å². The number of nitrogens with zero attached hydrogens (tertiary/aromatic N) is 1. The molecule has 3 N–H and O–H groups in total. The topological polar surface area (TPSA) is 72.0 Å². The highest BCUT2D eigenvalue weighted by Gasteiger charge is 2.11. The van der Waals surface area contributed by atoms with Crippen LogP contribution in [0.4, 0.5) is 0 Å². The number of hydrogen-bond acceptors (Lipinski definition) is 3. The largest absolute Gasteiger partial charge is 0.486 e. The zero-order valence-corrected chi connectivity index (χ0v) is 14.9. The Hall–Kier alpha value is -0.920. The lowest BCUT2D eigenvalue weighted by molar-refractivity contribution is 0.301. The molecule has 0 aliphatic carbocycles. The van der Waals surface area contributed by atoms with Gasteiger partial charge in [0.25, 0.3) is 0 Å². The highest BCUT2D eigenvalue weighted by atomic mass is 79.9. The molecule has 0 saturated carbocycles. The van der Waals surface area contributed by atoms with E-state index < -0.39 is 0 Å². The Kier molecular flexibility index (Phi) is 5.17. The van der Waals surface area contributed by atoms with E-state index >= 15 is 0 Å². The van der Waals surface area contributed by atoms with Crippen LogP contribution in [-0.2, 0) is 6.61 Å². The Bertz CT molecular complexity index is 638. The van der Waals surface area contributed by atoms with Gasteiger partial charge in [0, 0.05) is 16.2 Å². The summed E-state index contributed by atoms with van der Waals surface area (Å²) >= 11 is 10.3. The highest BCUT2D eigenvalue weighted by Crippen LogP contribution is 2.36. The average molecular weight is 464 g/mol. The number of benzene rings is 1. The van der Waals surface area contributed by atoms with Crippen molar-refractivity contribution >= 4 is 53.6 Å². The van der Waals surface area contributed by atoms with Gasteiger partial charge in [-0.2, -0.15) is 0 Å². The van der Waals surface area contributed by atoms with Crippen molar-refractivity contribution in [2.75, 3.05) is 0 Å². The van der Waals surface area contributed by atoms with Crippen LogP contribution in [0.5, 0.6) is 5.75 Å². The van der Waals surface area contributed by atoms with Crippen LogP contribution in [0, 0.1) is 5.41 Å². The molecule has 1 aromatic heterocycles. The number of pyridine rings is 1. The summed E-state index contributed by atoms with van der Waals surface area (Å²) in [6, 6.07) is 7.42. The van der Waals surface area contributed by atoms with Crippen LogP contribution in [0.1, 0.15) is 11.3 Å². The number of nitrogens with one attached hydrogen (secondary N) is 1. The first kappa shape index (κ1) is 15.5. The maximum atomic E-state index is 7.51. The van der Waals surface area contributed by atoms with Crippen molar-refractivity contribution in [3.63, 3.8) is 0 Å². The minimum atomic E-state index is -0.0712. The standard InChI is InChI=1S/C13H10Br3N3O/c14-8-4-9(15)12(10(16)5-8)20-6-7-2-1-3-19-11(7)13(17)18/h1-5H,6H2,(H3,17,18). The summed E-state index contributed by atoms with van der Waals surface area (Å²) in [6.07, 6.45) is 1.60. The van der Waals surface area contributed by atoms with E-state index in [4.69, 9.17) is 15.9 Å². The minimum Gasteiger partial charge on any atom is -0.486 e. The molecule has 0 spiro atoms. The van der Waals surface area contributed by atoms with Crippen molar-refractivity contribution in [1.82, 2.24) is 4.98 Å². The Morgan fingerprint density at radius 1 is 1.25 bits per heavy atom. The number of rotatable bonds is 4. The maximum Gasteiger partial charge on any atom is 0.148 e. The predicted octanol–water partition coefficient (Wildman–Crippen LogP) is 4.23. The molecule has 7 heteroatoms. The third-order valence-corrected chi connectivity index (χ3v) is 4.12. The summed E-state index contributed by atoms with van der Waals surface area (Å²) in [6.45, 7) is 0.279. The molecule has 2 rings (SSSR count). The SMILES string of the molecule is N=C(N)c1ncccc1COc1c(Br)cc(Br)cc1Br. The molecule has 20 heavy (non-hydrogen) atoms. The average Bonchev–Trinajstić information content (AvgIpc) is 2.37. The number of ether oxygens (including phenoxy) is 1. The van der Waals surface area contributed by atoms with Crippen molar-refractivity contribution in [3.05, 3.63) is 55.1 Å². The fourth-order valence-corrected chi connectivity index (χ4v) is 4.10. The molecule has 0 bridgehead atoms. The molecule has 0 unspecified atom stereocenters. The second kappa shape index (κ2) is 6.69. The van der Waals surface area contributed by atoms with E-state index in [0.29, 0.717) is 11.4 Å². The van der Waals surface area contributed by atoms with Gasteiger partial charge in [-0.25, -0.2) is 0 Å². The summed E-state index contributed by atoms with van der Waals surface area (Å²) < 4.78 is 8.38. The van der Waals surface area contributed by atoms with Gasteiger partial charge in [0.15, 0.2) is 0 Å². The summed E-state index contributed by atoms with van der Waals surface area (Å²) in [5.74, 6) is 0.615. The van der Waals surface area contributed by atoms with E-state index in [1.807, 2.05) is 18.2 Å². The van der Waals surface area contributed by atoms with E-state index in [0.717, 1.165) is 19.0 Å². The monoisotopic (exact) mass is 461 g/mol. The normalized spacial score (nSPS) is 10.3. The number of hydrogen-bond donors (Lipinski definition) is 2. The van der Waals surface area contributed by atoms with Gasteiger partial charge in [0.05, 0.1) is 8.95 Å². The highest BCUT2D eigenvalue weighted by molar-refractivity contribution is 9.11. The molecule has 4 nitrogen and oxygen atoms in total. The van der Waals surface area contributed by atoms with Crippen LogP contribution in [0.25, 0.3) is 0 Å². The lowest BCUT2D eigenvalue weighted by atomic mass is 10.2. The van der Waals surface area contributed by atoms with Gasteiger partial charge in [-0.15, -0.1) is 0 Å². The predicted molar refractivity (Wildman–Crippen MR) is 89.1 cm³/mol. The van der Waals surface area contributed by atoms with Gasteiger partial charge in [-0.1, -0.05) is 22.0 Å².